The molecule has 24 heavy (non-hydrogen) atoms. The summed E-state index contributed by atoms with van der Waals surface area (Å²) in [6.45, 7) is 4.82. The van der Waals surface area contributed by atoms with E-state index in [-0.39, 0.29) is 12.0 Å². The number of benzene rings is 1. The lowest BCUT2D eigenvalue weighted by Gasteiger charge is -2.27. The van der Waals surface area contributed by atoms with Crippen molar-refractivity contribution >= 4 is 5.97 Å². The molecule has 2 aliphatic rings. The molecule has 1 N–H and O–H groups in total. The number of nitrogens with zero attached hydrogens (tertiary/aromatic N) is 1. The maximum atomic E-state index is 11.1. The topological polar surface area (TPSA) is 59.0 Å². The molecule has 5 nitrogen and oxygen atoms in total. The predicted molar refractivity (Wildman–Crippen MR) is 91.3 cm³/mol. The molecule has 0 aliphatic carbocycles. The lowest BCUT2D eigenvalue weighted by molar-refractivity contribution is -0.147. The van der Waals surface area contributed by atoms with E-state index in [1.165, 1.54) is 25.9 Å². The van der Waals surface area contributed by atoms with Crippen molar-refractivity contribution in [2.75, 3.05) is 32.8 Å². The zero-order valence-corrected chi connectivity index (χ0v) is 14.2. The average molecular weight is 333 g/mol. The molecule has 2 saturated heterocycles. The number of carboxylic acids is 1. The van der Waals surface area contributed by atoms with Crippen molar-refractivity contribution in [3.8, 4) is 5.75 Å². The summed E-state index contributed by atoms with van der Waals surface area (Å²) in [5, 5.41) is 9.17. The highest BCUT2D eigenvalue weighted by Gasteiger charge is 2.28. The number of carbonyl (C=O) groups is 1. The minimum absolute atomic E-state index is 0.121. The second-order valence-electron chi connectivity index (χ2n) is 6.74. The largest absolute Gasteiger partial charge is 0.494 e. The van der Waals surface area contributed by atoms with Gasteiger partial charge in [0.25, 0.3) is 0 Å². The van der Waals surface area contributed by atoms with Crippen molar-refractivity contribution in [1.82, 2.24) is 4.90 Å². The third-order valence-electron chi connectivity index (χ3n) is 4.97. The molecule has 2 atom stereocenters. The average Bonchev–Trinajstić information content (AvgIpc) is 3.13. The Balaban J connectivity index is 1.43. The summed E-state index contributed by atoms with van der Waals surface area (Å²) in [4.78, 5) is 13.6. The minimum atomic E-state index is -0.721. The molecule has 1 aromatic rings. The summed E-state index contributed by atoms with van der Waals surface area (Å²) in [6, 6.07) is 7.90. The van der Waals surface area contributed by atoms with Crippen LogP contribution in [-0.2, 0) is 9.53 Å². The first-order valence-electron chi connectivity index (χ1n) is 9.02. The van der Waals surface area contributed by atoms with Crippen molar-refractivity contribution in [3.05, 3.63) is 29.8 Å². The van der Waals surface area contributed by atoms with E-state index in [9.17, 15) is 4.79 Å². The van der Waals surface area contributed by atoms with Crippen LogP contribution in [-0.4, -0.2) is 48.8 Å². The molecule has 0 aromatic heterocycles. The Hall–Kier alpha value is -1.59. The lowest BCUT2D eigenvalue weighted by Crippen LogP contribution is -2.25. The van der Waals surface area contributed by atoms with Crippen LogP contribution in [0.3, 0.4) is 0 Å². The van der Waals surface area contributed by atoms with Crippen molar-refractivity contribution < 1.29 is 19.4 Å². The van der Waals surface area contributed by atoms with Gasteiger partial charge in [-0.2, -0.15) is 0 Å². The molecule has 0 amide bonds. The molecule has 1 aromatic carbocycles. The Morgan fingerprint density at radius 2 is 2.00 bits per heavy atom. The number of ether oxygens (including phenoxy) is 2. The van der Waals surface area contributed by atoms with Crippen LogP contribution in [0.1, 0.15) is 43.8 Å². The molecule has 3 rings (SSSR count). The number of carboxylic acid groups (broad SMARTS) is 1. The fraction of sp³-hybridized carbons (Fsp3) is 0.632. The number of rotatable bonds is 7. The van der Waals surface area contributed by atoms with Crippen LogP contribution in [0.4, 0.5) is 0 Å². The second kappa shape index (κ2) is 8.49. The van der Waals surface area contributed by atoms with Gasteiger partial charge in [0, 0.05) is 13.2 Å². The normalized spacial score (nSPS) is 24.8. The summed E-state index contributed by atoms with van der Waals surface area (Å²) < 4.78 is 11.5. The van der Waals surface area contributed by atoms with E-state index >= 15 is 0 Å². The van der Waals surface area contributed by atoms with Crippen molar-refractivity contribution in [1.29, 1.82) is 0 Å². The van der Waals surface area contributed by atoms with Gasteiger partial charge < -0.3 is 19.5 Å². The van der Waals surface area contributed by atoms with E-state index in [4.69, 9.17) is 14.6 Å². The Morgan fingerprint density at radius 3 is 2.71 bits per heavy atom. The Labute approximate surface area is 143 Å². The minimum Gasteiger partial charge on any atom is -0.494 e. The van der Waals surface area contributed by atoms with Crippen LogP contribution in [0.25, 0.3) is 0 Å². The zero-order valence-electron chi connectivity index (χ0n) is 14.2. The number of hydrogen-bond acceptors (Lipinski definition) is 4. The summed E-state index contributed by atoms with van der Waals surface area (Å²) in [5.41, 5.74) is 1.03. The third kappa shape index (κ3) is 4.71. The molecular formula is C19H27NO4. The molecule has 0 saturated carbocycles. The Morgan fingerprint density at radius 1 is 1.25 bits per heavy atom. The maximum Gasteiger partial charge on any atom is 0.306 e. The highest BCUT2D eigenvalue weighted by Crippen LogP contribution is 2.32. The van der Waals surface area contributed by atoms with E-state index in [2.05, 4.69) is 4.90 Å². The molecule has 2 fully saturated rings. The molecular weight excluding hydrogens is 306 g/mol. The highest BCUT2D eigenvalue weighted by atomic mass is 16.5. The van der Waals surface area contributed by atoms with Crippen LogP contribution in [0.2, 0.25) is 0 Å². The third-order valence-corrected chi connectivity index (χ3v) is 4.97. The molecule has 2 heterocycles. The number of likely N-dealkylation sites (tertiary alicyclic amines) is 1. The van der Waals surface area contributed by atoms with Gasteiger partial charge in [-0.05, 0) is 62.9 Å². The highest BCUT2D eigenvalue weighted by molar-refractivity contribution is 5.70. The van der Waals surface area contributed by atoms with Gasteiger partial charge in [-0.1, -0.05) is 12.1 Å². The van der Waals surface area contributed by atoms with E-state index in [1.54, 1.807) is 0 Å². The fourth-order valence-corrected chi connectivity index (χ4v) is 3.52. The van der Waals surface area contributed by atoms with Crippen LogP contribution < -0.4 is 4.74 Å². The van der Waals surface area contributed by atoms with Gasteiger partial charge in [0.1, 0.15) is 5.75 Å². The van der Waals surface area contributed by atoms with Crippen molar-refractivity contribution in [3.63, 3.8) is 0 Å². The standard InChI is InChI=1S/C19H27NO4/c21-19(22)16-8-13-24-18(14-16)15-4-6-17(7-5-15)23-12-3-11-20-9-1-2-10-20/h4-7,16,18H,1-3,8-14H2,(H,21,22). The van der Waals surface area contributed by atoms with E-state index in [0.717, 1.165) is 30.9 Å². The van der Waals surface area contributed by atoms with E-state index in [0.29, 0.717) is 19.4 Å². The Bertz CT molecular complexity index is 525. The monoisotopic (exact) mass is 333 g/mol. The van der Waals surface area contributed by atoms with Gasteiger partial charge in [-0.15, -0.1) is 0 Å². The first kappa shape index (κ1) is 17.2. The van der Waals surface area contributed by atoms with Crippen LogP contribution in [0.5, 0.6) is 5.75 Å². The van der Waals surface area contributed by atoms with Gasteiger partial charge in [-0.3, -0.25) is 4.79 Å². The van der Waals surface area contributed by atoms with Gasteiger partial charge in [0.15, 0.2) is 0 Å². The first-order chi connectivity index (χ1) is 11.7. The first-order valence-corrected chi connectivity index (χ1v) is 9.02. The number of hydrogen-bond donors (Lipinski definition) is 1. The maximum absolute atomic E-state index is 11.1. The summed E-state index contributed by atoms with van der Waals surface area (Å²) in [6.07, 6.45) is 4.73. The molecule has 5 heteroatoms. The quantitative estimate of drug-likeness (QED) is 0.777. The van der Waals surface area contributed by atoms with Crippen LogP contribution in [0, 0.1) is 5.92 Å². The van der Waals surface area contributed by atoms with Crippen LogP contribution in [0.15, 0.2) is 24.3 Å². The summed E-state index contributed by atoms with van der Waals surface area (Å²) >= 11 is 0. The smallest absolute Gasteiger partial charge is 0.306 e. The van der Waals surface area contributed by atoms with Gasteiger partial charge in [-0.25, -0.2) is 0 Å². The van der Waals surface area contributed by atoms with E-state index in [1.807, 2.05) is 24.3 Å². The number of aliphatic carboxylic acids is 1. The molecule has 2 unspecified atom stereocenters. The molecule has 0 bridgehead atoms. The molecule has 0 radical (unpaired) electrons. The molecule has 132 valence electrons. The van der Waals surface area contributed by atoms with Gasteiger partial charge in [0.2, 0.25) is 0 Å². The zero-order chi connectivity index (χ0) is 16.8. The van der Waals surface area contributed by atoms with Crippen LogP contribution >= 0.6 is 0 Å². The molecule has 0 spiro atoms. The predicted octanol–water partition coefficient (Wildman–Crippen LogP) is 3.10. The van der Waals surface area contributed by atoms with Gasteiger partial charge >= 0.3 is 5.97 Å². The second-order valence-corrected chi connectivity index (χ2v) is 6.74. The summed E-state index contributed by atoms with van der Waals surface area (Å²) in [7, 11) is 0. The van der Waals surface area contributed by atoms with Crippen molar-refractivity contribution in [2.45, 2.75) is 38.2 Å². The van der Waals surface area contributed by atoms with E-state index < -0.39 is 5.97 Å². The van der Waals surface area contributed by atoms with Crippen molar-refractivity contribution in [2.24, 2.45) is 5.92 Å². The van der Waals surface area contributed by atoms with Gasteiger partial charge in [0.05, 0.1) is 18.6 Å². The Kier molecular flexibility index (Phi) is 6.10. The summed E-state index contributed by atoms with van der Waals surface area (Å²) in [5.74, 6) is -0.155. The molecule has 2 aliphatic heterocycles. The fourth-order valence-electron chi connectivity index (χ4n) is 3.52. The SMILES string of the molecule is O=C(O)C1CCOC(c2ccc(OCCCN3CCCC3)cc2)C1. The lowest BCUT2D eigenvalue weighted by atomic mass is 9.92.